The van der Waals surface area contributed by atoms with Gasteiger partial charge >= 0.3 is 11.8 Å². The summed E-state index contributed by atoms with van der Waals surface area (Å²) in [6.07, 6.45) is 4.74. The van der Waals surface area contributed by atoms with E-state index in [-0.39, 0.29) is 11.8 Å². The molecule has 1 N–H and O–H groups in total. The van der Waals surface area contributed by atoms with Crippen molar-refractivity contribution in [2.75, 3.05) is 24.5 Å². The van der Waals surface area contributed by atoms with Crippen LogP contribution in [0.1, 0.15) is 50.2 Å². The molecule has 0 atom stereocenters. The lowest BCUT2D eigenvalue weighted by molar-refractivity contribution is 0.0908. The fourth-order valence-corrected chi connectivity index (χ4v) is 2.96. The van der Waals surface area contributed by atoms with Crippen LogP contribution in [0.5, 0.6) is 0 Å². The SMILES string of the molecule is CC(C)CCNC(=O)c1nc(-c2ccc(N3CCCCC3)cc2)no1. The number of piperidine rings is 1. The summed E-state index contributed by atoms with van der Waals surface area (Å²) in [7, 11) is 0. The third-order valence-corrected chi connectivity index (χ3v) is 4.47. The minimum Gasteiger partial charge on any atom is -0.372 e. The van der Waals surface area contributed by atoms with Crippen LogP contribution in [0.3, 0.4) is 0 Å². The molecule has 6 nitrogen and oxygen atoms in total. The summed E-state index contributed by atoms with van der Waals surface area (Å²) < 4.78 is 5.10. The fourth-order valence-electron chi connectivity index (χ4n) is 2.96. The van der Waals surface area contributed by atoms with Crippen molar-refractivity contribution < 1.29 is 9.32 Å². The molecule has 0 aliphatic carbocycles. The van der Waals surface area contributed by atoms with Gasteiger partial charge in [-0.2, -0.15) is 4.98 Å². The van der Waals surface area contributed by atoms with Crippen molar-refractivity contribution in [2.24, 2.45) is 5.92 Å². The van der Waals surface area contributed by atoms with Gasteiger partial charge in [0, 0.05) is 30.9 Å². The van der Waals surface area contributed by atoms with E-state index in [0.29, 0.717) is 18.3 Å². The second-order valence-electron chi connectivity index (χ2n) is 6.96. The Bertz CT molecular complexity index is 688. The molecule has 3 rings (SSSR count). The third-order valence-electron chi connectivity index (χ3n) is 4.47. The van der Waals surface area contributed by atoms with E-state index in [4.69, 9.17) is 4.52 Å². The molecule has 2 aromatic rings. The Morgan fingerprint density at radius 3 is 2.60 bits per heavy atom. The molecule has 0 unspecified atom stereocenters. The smallest absolute Gasteiger partial charge is 0.316 e. The summed E-state index contributed by atoms with van der Waals surface area (Å²) in [6, 6.07) is 8.13. The third kappa shape index (κ3) is 4.59. The van der Waals surface area contributed by atoms with Gasteiger partial charge in [-0.05, 0) is 55.9 Å². The molecule has 0 spiro atoms. The maximum Gasteiger partial charge on any atom is 0.316 e. The average Bonchev–Trinajstić information content (AvgIpc) is 3.12. The highest BCUT2D eigenvalue weighted by Crippen LogP contribution is 2.23. The highest BCUT2D eigenvalue weighted by Gasteiger charge is 2.16. The maximum absolute atomic E-state index is 12.0. The van der Waals surface area contributed by atoms with Gasteiger partial charge in [0.05, 0.1) is 0 Å². The van der Waals surface area contributed by atoms with Gasteiger partial charge in [-0.25, -0.2) is 0 Å². The van der Waals surface area contributed by atoms with E-state index < -0.39 is 0 Å². The minimum atomic E-state index is -0.315. The number of benzene rings is 1. The number of aromatic nitrogens is 2. The number of nitrogens with zero attached hydrogens (tertiary/aromatic N) is 3. The van der Waals surface area contributed by atoms with Crippen LogP contribution in [-0.4, -0.2) is 35.7 Å². The van der Waals surface area contributed by atoms with E-state index >= 15 is 0 Å². The lowest BCUT2D eigenvalue weighted by atomic mass is 10.1. The van der Waals surface area contributed by atoms with Gasteiger partial charge in [0.2, 0.25) is 5.82 Å². The van der Waals surface area contributed by atoms with Crippen molar-refractivity contribution in [3.63, 3.8) is 0 Å². The zero-order valence-electron chi connectivity index (χ0n) is 15.0. The Morgan fingerprint density at radius 1 is 1.20 bits per heavy atom. The Morgan fingerprint density at radius 2 is 1.92 bits per heavy atom. The van der Waals surface area contributed by atoms with E-state index in [0.717, 1.165) is 25.1 Å². The van der Waals surface area contributed by atoms with Crippen molar-refractivity contribution in [2.45, 2.75) is 39.5 Å². The number of nitrogens with one attached hydrogen (secondary N) is 1. The Hall–Kier alpha value is -2.37. The zero-order valence-corrected chi connectivity index (χ0v) is 15.0. The Kier molecular flexibility index (Phi) is 5.68. The quantitative estimate of drug-likeness (QED) is 0.870. The molecule has 25 heavy (non-hydrogen) atoms. The molecule has 1 saturated heterocycles. The van der Waals surface area contributed by atoms with E-state index in [2.05, 4.69) is 46.3 Å². The number of carbonyl (C=O) groups excluding carboxylic acids is 1. The van der Waals surface area contributed by atoms with Gasteiger partial charge in [-0.3, -0.25) is 4.79 Å². The minimum absolute atomic E-state index is 0.0128. The van der Waals surface area contributed by atoms with E-state index in [1.54, 1.807) is 0 Å². The number of hydrogen-bond acceptors (Lipinski definition) is 5. The first-order valence-electron chi connectivity index (χ1n) is 9.11. The predicted octanol–water partition coefficient (Wildman–Crippen LogP) is 3.50. The fraction of sp³-hybridized carbons (Fsp3) is 0.526. The van der Waals surface area contributed by atoms with Crippen LogP contribution in [0.2, 0.25) is 0 Å². The van der Waals surface area contributed by atoms with Crippen molar-refractivity contribution in [3.8, 4) is 11.4 Å². The summed E-state index contributed by atoms with van der Waals surface area (Å²) in [4.78, 5) is 18.6. The van der Waals surface area contributed by atoms with Gasteiger partial charge in [-0.1, -0.05) is 19.0 Å². The van der Waals surface area contributed by atoms with Crippen LogP contribution in [0.15, 0.2) is 28.8 Å². The maximum atomic E-state index is 12.0. The number of carbonyl (C=O) groups is 1. The van der Waals surface area contributed by atoms with Crippen LogP contribution < -0.4 is 10.2 Å². The topological polar surface area (TPSA) is 71.3 Å². The number of amides is 1. The number of rotatable bonds is 6. The molecular weight excluding hydrogens is 316 g/mol. The normalized spacial score (nSPS) is 14.8. The Labute approximate surface area is 148 Å². The number of anilines is 1. The standard InChI is InChI=1S/C19H26N4O2/c1-14(2)10-11-20-18(24)19-21-17(22-25-19)15-6-8-16(9-7-15)23-12-4-3-5-13-23/h6-9,14H,3-5,10-13H2,1-2H3,(H,20,24). The highest BCUT2D eigenvalue weighted by atomic mass is 16.5. The van der Waals surface area contributed by atoms with Crippen LogP contribution >= 0.6 is 0 Å². The highest BCUT2D eigenvalue weighted by molar-refractivity contribution is 5.89. The molecule has 2 heterocycles. The molecule has 1 fully saturated rings. The van der Waals surface area contributed by atoms with E-state index in [1.807, 2.05) is 12.1 Å². The van der Waals surface area contributed by atoms with Gasteiger partial charge < -0.3 is 14.7 Å². The van der Waals surface area contributed by atoms with Gasteiger partial charge in [0.25, 0.3) is 0 Å². The molecule has 1 amide bonds. The van der Waals surface area contributed by atoms with Crippen molar-refractivity contribution in [3.05, 3.63) is 30.2 Å². The summed E-state index contributed by atoms with van der Waals surface area (Å²) in [6.45, 7) is 7.07. The molecule has 1 aromatic heterocycles. The van der Waals surface area contributed by atoms with Crippen LogP contribution in [-0.2, 0) is 0 Å². The second kappa shape index (κ2) is 8.14. The van der Waals surface area contributed by atoms with Crippen LogP contribution in [0.25, 0.3) is 11.4 Å². The van der Waals surface area contributed by atoms with Gasteiger partial charge in [-0.15, -0.1) is 0 Å². The molecule has 134 valence electrons. The van der Waals surface area contributed by atoms with E-state index in [9.17, 15) is 4.79 Å². The first kappa shape index (κ1) is 17.5. The van der Waals surface area contributed by atoms with Gasteiger partial charge in [0.1, 0.15) is 0 Å². The van der Waals surface area contributed by atoms with Crippen LogP contribution in [0, 0.1) is 5.92 Å². The molecule has 0 saturated carbocycles. The lowest BCUT2D eigenvalue weighted by Crippen LogP contribution is -2.29. The van der Waals surface area contributed by atoms with Crippen molar-refractivity contribution in [1.82, 2.24) is 15.5 Å². The molecule has 1 aliphatic heterocycles. The summed E-state index contributed by atoms with van der Waals surface area (Å²) in [5.41, 5.74) is 2.07. The van der Waals surface area contributed by atoms with Crippen molar-refractivity contribution >= 4 is 11.6 Å². The first-order valence-corrected chi connectivity index (χ1v) is 9.11. The molecule has 6 heteroatoms. The number of hydrogen-bond donors (Lipinski definition) is 1. The zero-order chi connectivity index (χ0) is 17.6. The molecule has 1 aromatic carbocycles. The average molecular weight is 342 g/mol. The molecular formula is C19H26N4O2. The molecule has 0 bridgehead atoms. The molecule has 0 radical (unpaired) electrons. The van der Waals surface area contributed by atoms with Gasteiger partial charge in [0.15, 0.2) is 0 Å². The largest absolute Gasteiger partial charge is 0.372 e. The first-order chi connectivity index (χ1) is 12.1. The van der Waals surface area contributed by atoms with Crippen molar-refractivity contribution in [1.29, 1.82) is 0 Å². The summed E-state index contributed by atoms with van der Waals surface area (Å²) >= 11 is 0. The van der Waals surface area contributed by atoms with E-state index in [1.165, 1.54) is 24.9 Å². The lowest BCUT2D eigenvalue weighted by Gasteiger charge is -2.28. The van der Waals surface area contributed by atoms with Crippen LogP contribution in [0.4, 0.5) is 5.69 Å². The Balaban J connectivity index is 1.62. The monoisotopic (exact) mass is 342 g/mol. The predicted molar refractivity (Wildman–Crippen MR) is 97.6 cm³/mol. The summed E-state index contributed by atoms with van der Waals surface area (Å²) in [5.74, 6) is 0.680. The molecule has 1 aliphatic rings. The second-order valence-corrected chi connectivity index (χ2v) is 6.96. The summed E-state index contributed by atoms with van der Waals surface area (Å²) in [5, 5.41) is 6.74.